The van der Waals surface area contributed by atoms with Crippen LogP contribution in [0.5, 0.6) is 0 Å². The number of rotatable bonds is 5. The van der Waals surface area contributed by atoms with Crippen LogP contribution >= 0.6 is 0 Å². The minimum atomic E-state index is -0.212. The summed E-state index contributed by atoms with van der Waals surface area (Å²) in [5, 5.41) is 6.64. The summed E-state index contributed by atoms with van der Waals surface area (Å²) in [7, 11) is 0. The molecule has 5 nitrogen and oxygen atoms in total. The molecule has 0 fully saturated rings. The van der Waals surface area contributed by atoms with Gasteiger partial charge in [0.1, 0.15) is 17.8 Å². The Balaban J connectivity index is 1.84. The van der Waals surface area contributed by atoms with E-state index in [1.54, 1.807) is 18.6 Å². The van der Waals surface area contributed by atoms with Crippen molar-refractivity contribution in [1.82, 2.24) is 15.0 Å². The van der Waals surface area contributed by atoms with Gasteiger partial charge in [-0.25, -0.2) is 9.97 Å². The Kier molecular flexibility index (Phi) is 4.02. The van der Waals surface area contributed by atoms with Crippen LogP contribution in [0.25, 0.3) is 0 Å². The molecule has 0 amide bonds. The molecular weight excluding hydrogens is 262 g/mol. The summed E-state index contributed by atoms with van der Waals surface area (Å²) in [6.07, 6.45) is 5.05. The minimum absolute atomic E-state index is 0.212. The third kappa shape index (κ3) is 3.54. The van der Waals surface area contributed by atoms with Gasteiger partial charge in [0, 0.05) is 18.6 Å². The van der Waals surface area contributed by atoms with Gasteiger partial charge in [0.25, 0.3) is 0 Å². The second kappa shape index (κ2) is 6.47. The van der Waals surface area contributed by atoms with E-state index in [0.717, 1.165) is 17.3 Å². The van der Waals surface area contributed by atoms with Crippen molar-refractivity contribution in [2.24, 2.45) is 0 Å². The van der Waals surface area contributed by atoms with Crippen LogP contribution in [0.3, 0.4) is 0 Å². The number of anilines is 2. The third-order valence-corrected chi connectivity index (χ3v) is 2.90. The first-order valence-corrected chi connectivity index (χ1v) is 6.68. The molecular formula is C16H15N5. The summed E-state index contributed by atoms with van der Waals surface area (Å²) in [5.41, 5.74) is 0.869. The highest BCUT2D eigenvalue weighted by Gasteiger charge is 2.13. The molecule has 0 unspecified atom stereocenters. The molecule has 0 atom stereocenters. The third-order valence-electron chi connectivity index (χ3n) is 2.90. The molecule has 21 heavy (non-hydrogen) atoms. The van der Waals surface area contributed by atoms with E-state index >= 15 is 0 Å². The van der Waals surface area contributed by atoms with Crippen molar-refractivity contribution in [3.63, 3.8) is 0 Å². The van der Waals surface area contributed by atoms with Crippen molar-refractivity contribution in [2.75, 3.05) is 10.6 Å². The first kappa shape index (κ1) is 13.1. The average Bonchev–Trinajstić information content (AvgIpc) is 2.57. The Bertz CT molecular complexity index is 617. The zero-order chi connectivity index (χ0) is 14.3. The lowest BCUT2D eigenvalue weighted by atomic mass is 10.2. The lowest BCUT2D eigenvalue weighted by Crippen LogP contribution is -2.21. The zero-order valence-electron chi connectivity index (χ0n) is 11.3. The molecule has 3 heterocycles. The molecule has 3 aromatic heterocycles. The van der Waals surface area contributed by atoms with Crippen LogP contribution in [-0.4, -0.2) is 15.0 Å². The Labute approximate surface area is 123 Å². The highest BCUT2D eigenvalue weighted by Crippen LogP contribution is 2.18. The molecule has 0 bridgehead atoms. The number of pyridine rings is 3. The Morgan fingerprint density at radius 1 is 0.619 bits per heavy atom. The second-order valence-electron chi connectivity index (χ2n) is 4.41. The van der Waals surface area contributed by atoms with Gasteiger partial charge in [-0.15, -0.1) is 0 Å². The number of hydrogen-bond acceptors (Lipinski definition) is 5. The smallest absolute Gasteiger partial charge is 0.143 e. The Morgan fingerprint density at radius 3 is 1.57 bits per heavy atom. The molecule has 3 rings (SSSR count). The van der Waals surface area contributed by atoms with E-state index in [2.05, 4.69) is 25.6 Å². The highest BCUT2D eigenvalue weighted by atomic mass is 15.2. The number of nitrogens with zero attached hydrogens (tertiary/aromatic N) is 3. The van der Waals surface area contributed by atoms with Crippen LogP contribution in [0.4, 0.5) is 11.6 Å². The second-order valence-corrected chi connectivity index (χ2v) is 4.41. The van der Waals surface area contributed by atoms with Crippen LogP contribution in [0.2, 0.25) is 0 Å². The molecule has 0 aliphatic carbocycles. The van der Waals surface area contributed by atoms with E-state index in [4.69, 9.17) is 0 Å². The summed E-state index contributed by atoms with van der Waals surface area (Å²) >= 11 is 0. The van der Waals surface area contributed by atoms with E-state index in [1.807, 2.05) is 54.6 Å². The maximum absolute atomic E-state index is 4.39. The van der Waals surface area contributed by atoms with Crippen LogP contribution in [0, 0.1) is 0 Å². The van der Waals surface area contributed by atoms with Crippen molar-refractivity contribution in [1.29, 1.82) is 0 Å². The van der Waals surface area contributed by atoms with E-state index in [1.165, 1.54) is 0 Å². The van der Waals surface area contributed by atoms with Crippen LogP contribution < -0.4 is 10.6 Å². The fourth-order valence-corrected chi connectivity index (χ4v) is 1.92. The first-order chi connectivity index (χ1) is 10.4. The van der Waals surface area contributed by atoms with Gasteiger partial charge in [-0.3, -0.25) is 4.98 Å². The monoisotopic (exact) mass is 277 g/mol. The topological polar surface area (TPSA) is 62.7 Å². The average molecular weight is 277 g/mol. The lowest BCUT2D eigenvalue weighted by molar-refractivity contribution is 0.840. The van der Waals surface area contributed by atoms with Crippen LogP contribution in [-0.2, 0) is 0 Å². The summed E-state index contributed by atoms with van der Waals surface area (Å²) < 4.78 is 0. The van der Waals surface area contributed by atoms with Crippen molar-refractivity contribution in [2.45, 2.75) is 6.17 Å². The van der Waals surface area contributed by atoms with Crippen molar-refractivity contribution in [3.05, 3.63) is 78.9 Å². The normalized spacial score (nSPS) is 10.3. The van der Waals surface area contributed by atoms with Crippen molar-refractivity contribution < 1.29 is 0 Å². The molecule has 104 valence electrons. The van der Waals surface area contributed by atoms with E-state index < -0.39 is 0 Å². The van der Waals surface area contributed by atoms with E-state index in [-0.39, 0.29) is 6.17 Å². The number of nitrogens with one attached hydrogen (secondary N) is 2. The van der Waals surface area contributed by atoms with Crippen molar-refractivity contribution >= 4 is 11.6 Å². The molecule has 5 heteroatoms. The summed E-state index contributed by atoms with van der Waals surface area (Å²) in [4.78, 5) is 13.0. The molecule has 0 radical (unpaired) electrons. The Morgan fingerprint density at radius 2 is 1.14 bits per heavy atom. The fraction of sp³-hybridized carbons (Fsp3) is 0.0625. The first-order valence-electron chi connectivity index (χ1n) is 6.68. The molecule has 0 spiro atoms. The van der Waals surface area contributed by atoms with Gasteiger partial charge in [0.05, 0.1) is 5.69 Å². The molecule has 2 N–H and O–H groups in total. The summed E-state index contributed by atoms with van der Waals surface area (Å²) in [6, 6.07) is 17.3. The number of aromatic nitrogens is 3. The van der Waals surface area contributed by atoms with Gasteiger partial charge in [0.2, 0.25) is 0 Å². The largest absolute Gasteiger partial charge is 0.345 e. The molecule has 0 saturated heterocycles. The summed E-state index contributed by atoms with van der Waals surface area (Å²) in [6.45, 7) is 0. The summed E-state index contributed by atoms with van der Waals surface area (Å²) in [5.74, 6) is 1.55. The van der Waals surface area contributed by atoms with Crippen molar-refractivity contribution in [3.8, 4) is 0 Å². The minimum Gasteiger partial charge on any atom is -0.345 e. The quantitative estimate of drug-likeness (QED) is 0.702. The standard InChI is InChI=1S/C16H15N5/c1-4-10-17-13(7-1)16(20-14-8-2-5-11-18-14)21-15-9-3-6-12-19-15/h1-12,16H,(H,18,20)(H,19,21). The zero-order valence-corrected chi connectivity index (χ0v) is 11.3. The maximum Gasteiger partial charge on any atom is 0.143 e. The van der Waals surface area contributed by atoms with Gasteiger partial charge in [-0.05, 0) is 36.4 Å². The molecule has 0 aliphatic heterocycles. The molecule has 0 aliphatic rings. The lowest BCUT2D eigenvalue weighted by Gasteiger charge is -2.20. The van der Waals surface area contributed by atoms with Crippen LogP contribution in [0.15, 0.2) is 73.2 Å². The van der Waals surface area contributed by atoms with Gasteiger partial charge in [-0.2, -0.15) is 0 Å². The SMILES string of the molecule is c1ccc(NC(Nc2ccccn2)c2ccccn2)nc1. The predicted octanol–water partition coefficient (Wildman–Crippen LogP) is 3.09. The molecule has 3 aromatic rings. The van der Waals surface area contributed by atoms with Gasteiger partial charge >= 0.3 is 0 Å². The van der Waals surface area contributed by atoms with E-state index in [0.29, 0.717) is 0 Å². The molecule has 0 aromatic carbocycles. The van der Waals surface area contributed by atoms with Gasteiger partial charge < -0.3 is 10.6 Å². The Hall–Kier alpha value is -2.95. The number of hydrogen-bond donors (Lipinski definition) is 2. The fourth-order valence-electron chi connectivity index (χ4n) is 1.92. The van der Waals surface area contributed by atoms with E-state index in [9.17, 15) is 0 Å². The van der Waals surface area contributed by atoms with Gasteiger partial charge in [-0.1, -0.05) is 18.2 Å². The predicted molar refractivity (Wildman–Crippen MR) is 82.7 cm³/mol. The highest BCUT2D eigenvalue weighted by molar-refractivity contribution is 5.43. The molecule has 0 saturated carbocycles. The van der Waals surface area contributed by atoms with Crippen LogP contribution in [0.1, 0.15) is 11.9 Å². The van der Waals surface area contributed by atoms with Gasteiger partial charge in [0.15, 0.2) is 0 Å². The maximum atomic E-state index is 4.39.